The smallest absolute Gasteiger partial charge is 0.264 e. The molecule has 0 spiro atoms. The van der Waals surface area contributed by atoms with Gasteiger partial charge in [0.1, 0.15) is 6.54 Å². The van der Waals surface area contributed by atoms with Crippen molar-refractivity contribution in [2.24, 2.45) is 0 Å². The summed E-state index contributed by atoms with van der Waals surface area (Å²) in [6.45, 7) is 3.48. The fourth-order valence-electron chi connectivity index (χ4n) is 3.92. The van der Waals surface area contributed by atoms with Crippen molar-refractivity contribution in [1.82, 2.24) is 5.32 Å². The number of nitrogens with zero attached hydrogens (tertiary/aromatic N) is 1. The van der Waals surface area contributed by atoms with Gasteiger partial charge in [-0.2, -0.15) is 0 Å². The lowest BCUT2D eigenvalue weighted by Gasteiger charge is -2.26. The van der Waals surface area contributed by atoms with Crippen LogP contribution in [0.5, 0.6) is 0 Å². The van der Waals surface area contributed by atoms with Gasteiger partial charge in [-0.05, 0) is 72.5 Å². The molecule has 0 radical (unpaired) electrons. The van der Waals surface area contributed by atoms with Crippen LogP contribution in [0.15, 0.2) is 108 Å². The Morgan fingerprint density at radius 2 is 1.36 bits per heavy atom. The Balaban J connectivity index is 1.70. The fraction of sp³-hybridized carbons (Fsp3) is 0.138. The largest absolute Gasteiger partial charge is 0.344 e. The molecule has 4 aromatic rings. The van der Waals surface area contributed by atoms with E-state index in [1.54, 1.807) is 12.1 Å². The first kappa shape index (κ1) is 25.5. The summed E-state index contributed by atoms with van der Waals surface area (Å²) in [5.41, 5.74) is 4.17. The van der Waals surface area contributed by atoms with Crippen LogP contribution in [0.1, 0.15) is 28.3 Å². The van der Waals surface area contributed by atoms with Crippen molar-refractivity contribution >= 4 is 33.2 Å². The minimum absolute atomic E-state index is 0.0561. The molecule has 7 heteroatoms. The highest BCUT2D eigenvalue weighted by Crippen LogP contribution is 2.27. The van der Waals surface area contributed by atoms with E-state index >= 15 is 0 Å². The fourth-order valence-corrected chi connectivity index (χ4v) is 5.46. The molecule has 0 aromatic heterocycles. The Kier molecular flexibility index (Phi) is 7.77. The first-order valence-corrected chi connectivity index (χ1v) is 13.3. The van der Waals surface area contributed by atoms with Crippen LogP contribution in [-0.2, 0) is 14.8 Å². The summed E-state index contributed by atoms with van der Waals surface area (Å²) in [5.74, 6) is -0.427. The van der Waals surface area contributed by atoms with Crippen LogP contribution < -0.4 is 9.62 Å². The summed E-state index contributed by atoms with van der Waals surface area (Å²) in [4.78, 5) is 13.5. The number of anilines is 1. The number of benzene rings is 4. The first-order valence-electron chi connectivity index (χ1n) is 11.5. The number of aryl methyl sites for hydroxylation is 2. The lowest BCUT2D eigenvalue weighted by atomic mass is 9.99. The van der Waals surface area contributed by atoms with Crippen LogP contribution in [0.3, 0.4) is 0 Å². The monoisotopic (exact) mass is 518 g/mol. The number of rotatable bonds is 8. The molecular weight excluding hydrogens is 492 g/mol. The molecule has 0 saturated heterocycles. The molecule has 36 heavy (non-hydrogen) atoms. The summed E-state index contributed by atoms with van der Waals surface area (Å²) >= 11 is 5.98. The molecule has 0 aliphatic carbocycles. The average Bonchev–Trinajstić information content (AvgIpc) is 2.89. The van der Waals surface area contributed by atoms with Crippen molar-refractivity contribution in [3.63, 3.8) is 0 Å². The zero-order valence-electron chi connectivity index (χ0n) is 20.1. The molecule has 0 saturated carbocycles. The van der Waals surface area contributed by atoms with Crippen LogP contribution >= 0.6 is 11.6 Å². The molecule has 0 aliphatic heterocycles. The molecule has 4 rings (SSSR count). The molecule has 0 atom stereocenters. The normalized spacial score (nSPS) is 11.3. The molecule has 5 nitrogen and oxygen atoms in total. The van der Waals surface area contributed by atoms with E-state index < -0.39 is 22.0 Å². The number of amides is 1. The number of hydrogen-bond donors (Lipinski definition) is 1. The van der Waals surface area contributed by atoms with Crippen molar-refractivity contribution in [2.45, 2.75) is 24.8 Å². The highest BCUT2D eigenvalue weighted by atomic mass is 35.5. The van der Waals surface area contributed by atoms with Crippen LogP contribution in [-0.4, -0.2) is 20.9 Å². The minimum Gasteiger partial charge on any atom is -0.344 e. The molecule has 0 unspecified atom stereocenters. The number of hydrogen-bond acceptors (Lipinski definition) is 3. The van der Waals surface area contributed by atoms with Crippen molar-refractivity contribution in [1.29, 1.82) is 0 Å². The van der Waals surface area contributed by atoms with Gasteiger partial charge in [0, 0.05) is 5.02 Å². The van der Waals surface area contributed by atoms with Gasteiger partial charge in [-0.25, -0.2) is 8.42 Å². The summed E-state index contributed by atoms with van der Waals surface area (Å²) in [5, 5.41) is 3.47. The number of carbonyl (C=O) groups excluding carboxylic acids is 1. The molecular formula is C29H27ClN2O3S. The molecule has 1 amide bonds. The van der Waals surface area contributed by atoms with Crippen LogP contribution in [0.25, 0.3) is 0 Å². The van der Waals surface area contributed by atoms with Crippen molar-refractivity contribution in [2.75, 3.05) is 10.8 Å². The zero-order chi connectivity index (χ0) is 25.7. The van der Waals surface area contributed by atoms with Gasteiger partial charge < -0.3 is 5.32 Å². The maximum absolute atomic E-state index is 13.7. The Morgan fingerprint density at radius 1 is 0.806 bits per heavy atom. The average molecular weight is 519 g/mol. The second-order valence-corrected chi connectivity index (χ2v) is 10.9. The molecule has 184 valence electrons. The first-order chi connectivity index (χ1) is 17.3. The second kappa shape index (κ2) is 11.0. The standard InChI is InChI=1S/C29H27ClN2O3S/c1-21-13-16-26(19-22(21)2)32(36(34,35)27-17-14-25(30)15-18-27)20-28(33)31-29(23-9-5-3-6-10-23)24-11-7-4-8-12-24/h3-19,29H,20H2,1-2H3,(H,31,33). The van der Waals surface area contributed by atoms with Crippen molar-refractivity contribution < 1.29 is 13.2 Å². The third-order valence-electron chi connectivity index (χ3n) is 6.04. The molecule has 1 N–H and O–H groups in total. The Labute approximate surface area is 217 Å². The van der Waals surface area contributed by atoms with Crippen molar-refractivity contribution in [3.05, 3.63) is 130 Å². The van der Waals surface area contributed by atoms with Gasteiger partial charge in [-0.3, -0.25) is 9.10 Å². The Morgan fingerprint density at radius 3 is 1.89 bits per heavy atom. The summed E-state index contributed by atoms with van der Waals surface area (Å²) in [6.07, 6.45) is 0. The van der Waals surface area contributed by atoms with E-state index in [4.69, 9.17) is 11.6 Å². The van der Waals surface area contributed by atoms with E-state index in [0.717, 1.165) is 26.6 Å². The highest BCUT2D eigenvalue weighted by molar-refractivity contribution is 7.92. The van der Waals surface area contributed by atoms with Crippen LogP contribution in [0.4, 0.5) is 5.69 Å². The van der Waals surface area contributed by atoms with Gasteiger partial charge in [0.05, 0.1) is 16.6 Å². The predicted octanol–water partition coefficient (Wildman–Crippen LogP) is 6.06. The van der Waals surface area contributed by atoms with Crippen LogP contribution in [0.2, 0.25) is 5.02 Å². The minimum atomic E-state index is -4.05. The maximum Gasteiger partial charge on any atom is 0.264 e. The van der Waals surface area contributed by atoms with Gasteiger partial charge in [0.15, 0.2) is 0 Å². The van der Waals surface area contributed by atoms with E-state index in [0.29, 0.717) is 10.7 Å². The predicted molar refractivity (Wildman–Crippen MR) is 145 cm³/mol. The van der Waals surface area contributed by atoms with Crippen molar-refractivity contribution in [3.8, 4) is 0 Å². The number of carbonyl (C=O) groups is 1. The van der Waals surface area contributed by atoms with E-state index in [1.807, 2.05) is 80.6 Å². The molecule has 0 heterocycles. The third-order valence-corrected chi connectivity index (χ3v) is 8.08. The zero-order valence-corrected chi connectivity index (χ0v) is 21.6. The molecule has 4 aromatic carbocycles. The topological polar surface area (TPSA) is 66.5 Å². The van der Waals surface area contributed by atoms with Gasteiger partial charge >= 0.3 is 0 Å². The lowest BCUT2D eigenvalue weighted by Crippen LogP contribution is -2.42. The SMILES string of the molecule is Cc1ccc(N(CC(=O)NC(c2ccccc2)c2ccccc2)S(=O)(=O)c2ccc(Cl)cc2)cc1C. The second-order valence-electron chi connectivity index (χ2n) is 8.56. The van der Waals surface area contributed by atoms with Crippen LogP contribution in [0, 0.1) is 13.8 Å². The van der Waals surface area contributed by atoms with E-state index in [2.05, 4.69) is 5.32 Å². The highest BCUT2D eigenvalue weighted by Gasteiger charge is 2.28. The van der Waals surface area contributed by atoms with Gasteiger partial charge in [0.2, 0.25) is 5.91 Å². The molecule has 0 fully saturated rings. The molecule has 0 aliphatic rings. The van der Waals surface area contributed by atoms with Gasteiger partial charge in [-0.1, -0.05) is 78.3 Å². The lowest BCUT2D eigenvalue weighted by molar-refractivity contribution is -0.120. The summed E-state index contributed by atoms with van der Waals surface area (Å²) < 4.78 is 28.6. The maximum atomic E-state index is 13.7. The quantitative estimate of drug-likeness (QED) is 0.308. The Bertz CT molecular complexity index is 1400. The number of nitrogens with one attached hydrogen (secondary N) is 1. The van der Waals surface area contributed by atoms with E-state index in [1.165, 1.54) is 24.3 Å². The molecule has 0 bridgehead atoms. The Hall–Kier alpha value is -3.61. The number of halogens is 1. The van der Waals surface area contributed by atoms with Gasteiger partial charge in [-0.15, -0.1) is 0 Å². The summed E-state index contributed by atoms with van der Waals surface area (Å²) in [7, 11) is -4.05. The summed E-state index contributed by atoms with van der Waals surface area (Å²) in [6, 6.07) is 30.0. The van der Waals surface area contributed by atoms with E-state index in [9.17, 15) is 13.2 Å². The third kappa shape index (κ3) is 5.78. The van der Waals surface area contributed by atoms with Gasteiger partial charge in [0.25, 0.3) is 10.0 Å². The van der Waals surface area contributed by atoms with E-state index in [-0.39, 0.29) is 11.4 Å². The number of sulfonamides is 1.